The van der Waals surface area contributed by atoms with Crippen LogP contribution in [0.3, 0.4) is 0 Å². The molecule has 0 amide bonds. The number of rotatable bonds is 7. The van der Waals surface area contributed by atoms with Gasteiger partial charge in [-0.3, -0.25) is 14.2 Å². The van der Waals surface area contributed by atoms with Gasteiger partial charge in [-0.05, 0) is 79.4 Å². The van der Waals surface area contributed by atoms with E-state index in [0.717, 1.165) is 67.2 Å². The Morgan fingerprint density at radius 3 is 2.06 bits per heavy atom. The summed E-state index contributed by atoms with van der Waals surface area (Å²) in [6, 6.07) is 41.9. The van der Waals surface area contributed by atoms with E-state index >= 15 is 0 Å². The maximum Gasteiger partial charge on any atom is 0.292 e. The summed E-state index contributed by atoms with van der Waals surface area (Å²) in [5.74, 6) is -0.395. The molecule has 1 N–H and O–H groups in total. The van der Waals surface area contributed by atoms with Gasteiger partial charge in [0, 0.05) is 49.4 Å². The smallest absolute Gasteiger partial charge is 0.292 e. The van der Waals surface area contributed by atoms with Gasteiger partial charge in [0.2, 0.25) is 0 Å². The molecule has 4 heterocycles. The molecule has 1 radical (unpaired) electrons. The Bertz CT molecular complexity index is 3150. The summed E-state index contributed by atoms with van der Waals surface area (Å²) in [6.07, 6.45) is 3.59. The topological polar surface area (TPSA) is 94.0 Å². The first kappa shape index (κ1) is 46.7. The standard InChI is InChI=1S/C40H38N3O.C16H15FNO2.Ir/c1-24(2)28-15-11-16-29(25(3)4)35(28)43-36-33(40(5,6)7)21-22-41-38(36)42-39(43)32-18-12-17-31-30-20-19-27(23-34(30)44-37(31)32)26-13-9-8-10-14-26;1-16(2,3)11-5-7-14(18-9-11)12-6-4-10(15(19)20)8-13(12)17;/h8-17,19-25H,1-7H3;4-5,7-9H,1-3H3,(H,19,20);/q2*-1;. The van der Waals surface area contributed by atoms with Crippen molar-refractivity contribution in [1.82, 2.24) is 19.5 Å². The third-order valence-electron chi connectivity index (χ3n) is 11.7. The zero-order valence-electron chi connectivity index (χ0n) is 38.5. The van der Waals surface area contributed by atoms with Crippen molar-refractivity contribution in [1.29, 1.82) is 0 Å². The van der Waals surface area contributed by atoms with Crippen molar-refractivity contribution in [3.05, 3.63) is 167 Å². The third kappa shape index (κ3) is 9.18. The second-order valence-corrected chi connectivity index (χ2v) is 19.0. The van der Waals surface area contributed by atoms with Gasteiger partial charge in [0.15, 0.2) is 5.65 Å². The SMILES string of the molecule is CC(C)(C)c1ccc(-c2[c-]cc(C(=O)O)cc2F)nc1.CC(C)c1cccc(C(C)C)c1-n1c(-c2[c-]ccc3c2oc2cc(-c4ccccc4)ccc23)nc2nccc(C(C)(C)C)c21.[Ir]. The average Bonchev–Trinajstić information content (AvgIpc) is 3.84. The first-order valence-corrected chi connectivity index (χ1v) is 21.8. The molecule has 4 aromatic heterocycles. The molecule has 0 fully saturated rings. The number of aromatic carboxylic acids is 1. The normalized spacial score (nSPS) is 11.9. The van der Waals surface area contributed by atoms with Crippen LogP contribution in [0.4, 0.5) is 4.39 Å². The van der Waals surface area contributed by atoms with Gasteiger partial charge in [0.25, 0.3) is 5.97 Å². The molecule has 7 nitrogen and oxygen atoms in total. The van der Waals surface area contributed by atoms with E-state index in [1.807, 2.05) is 24.4 Å². The van der Waals surface area contributed by atoms with Crippen LogP contribution in [0.1, 0.15) is 114 Å². The summed E-state index contributed by atoms with van der Waals surface area (Å²) in [5, 5.41) is 10.9. The molecule has 5 aromatic carbocycles. The van der Waals surface area contributed by atoms with Crippen LogP contribution in [0, 0.1) is 17.9 Å². The predicted molar refractivity (Wildman–Crippen MR) is 257 cm³/mol. The Kier molecular flexibility index (Phi) is 13.2. The van der Waals surface area contributed by atoms with Gasteiger partial charge < -0.3 is 19.1 Å². The number of pyridine rings is 2. The van der Waals surface area contributed by atoms with Gasteiger partial charge >= 0.3 is 0 Å². The van der Waals surface area contributed by atoms with Gasteiger partial charge in [0.1, 0.15) is 5.58 Å². The second kappa shape index (κ2) is 18.3. The van der Waals surface area contributed by atoms with Crippen LogP contribution in [-0.4, -0.2) is 30.6 Å². The summed E-state index contributed by atoms with van der Waals surface area (Å²) in [5.41, 5.74) is 12.9. The van der Waals surface area contributed by atoms with Crippen LogP contribution in [-0.2, 0) is 30.9 Å². The van der Waals surface area contributed by atoms with E-state index in [-0.39, 0.29) is 42.1 Å². The number of aromatic nitrogens is 4. The van der Waals surface area contributed by atoms with Crippen molar-refractivity contribution in [2.24, 2.45) is 0 Å². The minimum absolute atomic E-state index is 0. The maximum absolute atomic E-state index is 13.9. The van der Waals surface area contributed by atoms with Crippen LogP contribution in [0.15, 0.2) is 126 Å². The second-order valence-electron chi connectivity index (χ2n) is 19.0. The molecule has 0 bridgehead atoms. The quantitative estimate of drug-likeness (QED) is 0.160. The number of hydrogen-bond acceptors (Lipinski definition) is 5. The molecule has 9 heteroatoms. The predicted octanol–water partition coefficient (Wildman–Crippen LogP) is 14.7. The van der Waals surface area contributed by atoms with Gasteiger partial charge in [-0.15, -0.1) is 30.3 Å². The molecule has 9 aromatic rings. The minimum Gasteiger partial charge on any atom is -0.501 e. The fraction of sp³-hybridized carbons (Fsp3) is 0.250. The van der Waals surface area contributed by atoms with Crippen LogP contribution in [0.25, 0.3) is 72.6 Å². The third-order valence-corrected chi connectivity index (χ3v) is 11.7. The molecule has 0 aliphatic heterocycles. The molecule has 333 valence electrons. The number of nitrogens with zero attached hydrogens (tertiary/aromatic N) is 4. The summed E-state index contributed by atoms with van der Waals surface area (Å²) < 4.78 is 23.0. The first-order chi connectivity index (χ1) is 30.4. The molecular formula is C56H53FIrN4O3-2. The van der Waals surface area contributed by atoms with E-state index in [0.29, 0.717) is 17.5 Å². The van der Waals surface area contributed by atoms with Crippen LogP contribution in [0.5, 0.6) is 0 Å². The molecule has 65 heavy (non-hydrogen) atoms. The molecule has 0 saturated heterocycles. The molecular weight excluding hydrogens is 988 g/mol. The van der Waals surface area contributed by atoms with Gasteiger partial charge in [0.05, 0.1) is 16.9 Å². The van der Waals surface area contributed by atoms with Crippen molar-refractivity contribution in [3.63, 3.8) is 0 Å². The van der Waals surface area contributed by atoms with Gasteiger partial charge in [-0.25, -0.2) is 4.98 Å². The van der Waals surface area contributed by atoms with E-state index in [4.69, 9.17) is 19.5 Å². The molecule has 0 aliphatic carbocycles. The van der Waals surface area contributed by atoms with Crippen LogP contribution < -0.4 is 0 Å². The van der Waals surface area contributed by atoms with E-state index in [9.17, 15) is 9.18 Å². The van der Waals surface area contributed by atoms with E-state index in [2.05, 4.69) is 164 Å². The van der Waals surface area contributed by atoms with Crippen molar-refractivity contribution in [2.45, 2.75) is 91.9 Å². The number of halogens is 1. The molecule has 0 unspecified atom stereocenters. The fourth-order valence-corrected chi connectivity index (χ4v) is 8.25. The van der Waals surface area contributed by atoms with E-state index < -0.39 is 11.8 Å². The summed E-state index contributed by atoms with van der Waals surface area (Å²) in [7, 11) is 0. The number of carbonyl (C=O) groups is 1. The number of carboxylic acids is 1. The van der Waals surface area contributed by atoms with Crippen molar-refractivity contribution in [3.8, 4) is 39.5 Å². The number of fused-ring (bicyclic) bond motifs is 4. The van der Waals surface area contributed by atoms with Crippen LogP contribution >= 0.6 is 0 Å². The maximum atomic E-state index is 13.9. The first-order valence-electron chi connectivity index (χ1n) is 21.8. The summed E-state index contributed by atoms with van der Waals surface area (Å²) >= 11 is 0. The molecule has 0 aliphatic rings. The zero-order valence-corrected chi connectivity index (χ0v) is 40.9. The molecule has 9 rings (SSSR count). The van der Waals surface area contributed by atoms with E-state index in [1.54, 1.807) is 12.3 Å². The Morgan fingerprint density at radius 1 is 0.754 bits per heavy atom. The van der Waals surface area contributed by atoms with Crippen molar-refractivity contribution < 1.29 is 38.8 Å². The fourth-order valence-electron chi connectivity index (χ4n) is 8.25. The number of para-hydroxylation sites is 1. The Balaban J connectivity index is 0.000000253. The summed E-state index contributed by atoms with van der Waals surface area (Å²) in [4.78, 5) is 25.1. The van der Waals surface area contributed by atoms with Crippen LogP contribution in [0.2, 0.25) is 0 Å². The molecule has 0 spiro atoms. The largest absolute Gasteiger partial charge is 0.501 e. The minimum atomic E-state index is -1.18. The number of hydrogen-bond donors (Lipinski definition) is 1. The zero-order chi connectivity index (χ0) is 45.7. The van der Waals surface area contributed by atoms with E-state index in [1.165, 1.54) is 28.4 Å². The van der Waals surface area contributed by atoms with Gasteiger partial charge in [-0.1, -0.05) is 165 Å². The molecule has 0 atom stereocenters. The number of carboxylic acid groups (broad SMARTS) is 1. The van der Waals surface area contributed by atoms with Crippen molar-refractivity contribution in [2.75, 3.05) is 0 Å². The summed E-state index contributed by atoms with van der Waals surface area (Å²) in [6.45, 7) is 22.0. The number of imidazole rings is 1. The van der Waals surface area contributed by atoms with Crippen molar-refractivity contribution >= 4 is 39.1 Å². The Morgan fingerprint density at radius 2 is 1.46 bits per heavy atom. The monoisotopic (exact) mass is 1040 g/mol. The Hall–Kier alpha value is -6.28. The van der Waals surface area contributed by atoms with Gasteiger partial charge in [-0.2, -0.15) is 0 Å². The molecule has 0 saturated carbocycles. The number of furan rings is 1. The number of benzene rings is 5. The Labute approximate surface area is 394 Å². The average molecular weight is 1040 g/mol.